The maximum atomic E-state index is 13.1. The lowest BCUT2D eigenvalue weighted by atomic mass is 10.1. The van der Waals surface area contributed by atoms with Crippen molar-refractivity contribution in [3.8, 4) is 11.5 Å². The number of carbonyl (C=O) groups is 2. The molecular formula is C27H34N6O4. The van der Waals surface area contributed by atoms with Gasteiger partial charge in [-0.15, -0.1) is 0 Å². The lowest BCUT2D eigenvalue weighted by Crippen LogP contribution is -2.50. The number of nitrogens with zero attached hydrogens (tertiary/aromatic N) is 5. The van der Waals surface area contributed by atoms with Gasteiger partial charge in [-0.05, 0) is 56.2 Å². The Morgan fingerprint density at radius 1 is 1.03 bits per heavy atom. The highest BCUT2D eigenvalue weighted by atomic mass is 16.5. The molecule has 1 N–H and O–H groups in total. The van der Waals surface area contributed by atoms with Crippen molar-refractivity contribution in [2.45, 2.75) is 26.8 Å². The summed E-state index contributed by atoms with van der Waals surface area (Å²) in [5.41, 5.74) is 3.00. The van der Waals surface area contributed by atoms with Crippen LogP contribution in [0, 0.1) is 6.92 Å². The summed E-state index contributed by atoms with van der Waals surface area (Å²) >= 11 is 0. The highest BCUT2D eigenvalue weighted by molar-refractivity contribution is 5.99. The van der Waals surface area contributed by atoms with Gasteiger partial charge < -0.3 is 24.6 Å². The number of methoxy groups -OCH3 is 2. The van der Waals surface area contributed by atoms with Crippen molar-refractivity contribution >= 4 is 17.6 Å². The van der Waals surface area contributed by atoms with E-state index in [0.717, 1.165) is 11.3 Å². The summed E-state index contributed by atoms with van der Waals surface area (Å²) < 4.78 is 12.4. The van der Waals surface area contributed by atoms with Gasteiger partial charge in [-0.25, -0.2) is 4.98 Å². The molecule has 0 bridgehead atoms. The average Bonchev–Trinajstić information content (AvgIpc) is 3.33. The number of aryl methyl sites for hydroxylation is 2. The number of aromatic nitrogens is 3. The van der Waals surface area contributed by atoms with E-state index < -0.39 is 0 Å². The van der Waals surface area contributed by atoms with Crippen LogP contribution in [0.2, 0.25) is 0 Å². The second-order valence-electron chi connectivity index (χ2n) is 8.84. The minimum atomic E-state index is -0.176. The molecule has 0 aliphatic carbocycles. The van der Waals surface area contributed by atoms with Gasteiger partial charge >= 0.3 is 0 Å². The first kappa shape index (κ1) is 26.0. The first-order chi connectivity index (χ1) is 17.9. The van der Waals surface area contributed by atoms with Gasteiger partial charge in [-0.2, -0.15) is 5.10 Å². The van der Waals surface area contributed by atoms with Gasteiger partial charge in [0.2, 0.25) is 0 Å². The van der Waals surface area contributed by atoms with E-state index in [2.05, 4.69) is 20.3 Å². The molecule has 0 radical (unpaired) electrons. The summed E-state index contributed by atoms with van der Waals surface area (Å²) in [6, 6.07) is 11.1. The third-order valence-electron chi connectivity index (χ3n) is 6.47. The highest BCUT2D eigenvalue weighted by Crippen LogP contribution is 2.27. The van der Waals surface area contributed by atoms with Gasteiger partial charge in [0.25, 0.3) is 11.8 Å². The summed E-state index contributed by atoms with van der Waals surface area (Å²) in [6.07, 6.45) is 2.34. The number of piperazine rings is 1. The third kappa shape index (κ3) is 5.84. The Balaban J connectivity index is 1.36. The maximum Gasteiger partial charge on any atom is 0.272 e. The fourth-order valence-electron chi connectivity index (χ4n) is 4.52. The van der Waals surface area contributed by atoms with Gasteiger partial charge in [0.1, 0.15) is 11.5 Å². The van der Waals surface area contributed by atoms with Gasteiger partial charge in [-0.1, -0.05) is 6.07 Å². The molecule has 1 aliphatic rings. The normalized spacial score (nSPS) is 13.4. The zero-order valence-corrected chi connectivity index (χ0v) is 21.9. The minimum Gasteiger partial charge on any atom is -0.493 e. The second kappa shape index (κ2) is 11.8. The van der Waals surface area contributed by atoms with Gasteiger partial charge in [0.15, 0.2) is 11.5 Å². The SMILES string of the molecule is CCn1nc(C)cc1C(=O)N1CCN(c2ncccc2C(=O)NCCc2ccc(OC)c(OC)c2)CC1. The number of ether oxygens (including phenoxy) is 2. The monoisotopic (exact) mass is 506 g/mol. The first-order valence-electron chi connectivity index (χ1n) is 12.5. The molecule has 37 heavy (non-hydrogen) atoms. The average molecular weight is 507 g/mol. The number of anilines is 1. The Hall–Kier alpha value is -4.08. The Labute approximate surface area is 217 Å². The molecule has 3 heterocycles. The molecule has 10 nitrogen and oxygen atoms in total. The van der Waals surface area contributed by atoms with E-state index in [1.165, 1.54) is 0 Å². The fraction of sp³-hybridized carbons (Fsp3) is 0.407. The molecular weight excluding hydrogens is 472 g/mol. The molecule has 1 aliphatic heterocycles. The number of pyridine rings is 1. The topological polar surface area (TPSA) is 102 Å². The van der Waals surface area contributed by atoms with Crippen LogP contribution in [0.25, 0.3) is 0 Å². The largest absolute Gasteiger partial charge is 0.493 e. The zero-order chi connectivity index (χ0) is 26.4. The number of hydrogen-bond donors (Lipinski definition) is 1. The Morgan fingerprint density at radius 3 is 2.49 bits per heavy atom. The van der Waals surface area contributed by atoms with E-state index in [9.17, 15) is 9.59 Å². The number of rotatable bonds is 9. The van der Waals surface area contributed by atoms with Crippen LogP contribution in [0.4, 0.5) is 5.82 Å². The van der Waals surface area contributed by atoms with E-state index in [1.807, 2.05) is 43.0 Å². The predicted octanol–water partition coefficient (Wildman–Crippen LogP) is 2.56. The zero-order valence-electron chi connectivity index (χ0n) is 21.9. The number of nitrogens with one attached hydrogen (secondary N) is 1. The molecule has 196 valence electrons. The van der Waals surface area contributed by atoms with E-state index in [1.54, 1.807) is 37.2 Å². The third-order valence-corrected chi connectivity index (χ3v) is 6.47. The highest BCUT2D eigenvalue weighted by Gasteiger charge is 2.27. The standard InChI is InChI=1S/C27H34N6O4/c1-5-33-22(17-19(2)30-33)27(35)32-15-13-31(14-16-32)25-21(7-6-11-28-25)26(34)29-12-10-20-8-9-23(36-3)24(18-20)37-4/h6-9,11,17-18H,5,10,12-16H2,1-4H3,(H,29,34). The summed E-state index contributed by atoms with van der Waals surface area (Å²) in [5.74, 6) is 1.77. The van der Waals surface area contributed by atoms with Crippen molar-refractivity contribution in [1.82, 2.24) is 25.0 Å². The first-order valence-corrected chi connectivity index (χ1v) is 12.5. The van der Waals surface area contributed by atoms with Crippen LogP contribution < -0.4 is 19.7 Å². The molecule has 0 saturated carbocycles. The fourth-order valence-corrected chi connectivity index (χ4v) is 4.52. The molecule has 1 fully saturated rings. The van der Waals surface area contributed by atoms with Crippen LogP contribution in [-0.2, 0) is 13.0 Å². The van der Waals surface area contributed by atoms with Crippen molar-refractivity contribution in [2.24, 2.45) is 0 Å². The molecule has 0 spiro atoms. The number of carbonyl (C=O) groups excluding carboxylic acids is 2. The number of hydrogen-bond acceptors (Lipinski definition) is 7. The molecule has 3 aromatic rings. The maximum absolute atomic E-state index is 13.1. The molecule has 10 heteroatoms. The van der Waals surface area contributed by atoms with Crippen LogP contribution in [0.1, 0.15) is 39.0 Å². The van der Waals surface area contributed by atoms with Crippen LogP contribution in [0.3, 0.4) is 0 Å². The van der Waals surface area contributed by atoms with Gasteiger partial charge in [-0.3, -0.25) is 14.3 Å². The van der Waals surface area contributed by atoms with Crippen molar-refractivity contribution in [3.05, 3.63) is 65.1 Å². The summed E-state index contributed by atoms with van der Waals surface area (Å²) in [4.78, 5) is 34.5. The lowest BCUT2D eigenvalue weighted by molar-refractivity contribution is 0.0733. The number of benzene rings is 1. The Kier molecular flexibility index (Phi) is 8.27. The van der Waals surface area contributed by atoms with Crippen LogP contribution in [-0.4, -0.2) is 78.4 Å². The van der Waals surface area contributed by atoms with Crippen molar-refractivity contribution in [3.63, 3.8) is 0 Å². The van der Waals surface area contributed by atoms with Crippen LogP contribution in [0.5, 0.6) is 11.5 Å². The van der Waals surface area contributed by atoms with E-state index in [-0.39, 0.29) is 11.8 Å². The van der Waals surface area contributed by atoms with Gasteiger partial charge in [0, 0.05) is 45.5 Å². The molecule has 0 atom stereocenters. The second-order valence-corrected chi connectivity index (χ2v) is 8.84. The molecule has 4 rings (SSSR count). The summed E-state index contributed by atoms with van der Waals surface area (Å²) in [7, 11) is 3.20. The van der Waals surface area contributed by atoms with Crippen molar-refractivity contribution in [1.29, 1.82) is 0 Å². The van der Waals surface area contributed by atoms with E-state index >= 15 is 0 Å². The smallest absolute Gasteiger partial charge is 0.272 e. The molecule has 1 saturated heterocycles. The van der Waals surface area contributed by atoms with E-state index in [0.29, 0.717) is 74.3 Å². The number of amides is 2. The lowest BCUT2D eigenvalue weighted by Gasteiger charge is -2.36. The summed E-state index contributed by atoms with van der Waals surface area (Å²) in [5, 5.41) is 7.40. The van der Waals surface area contributed by atoms with Crippen LogP contribution >= 0.6 is 0 Å². The molecule has 2 amide bonds. The minimum absolute atomic E-state index is 0.0174. The molecule has 0 unspecified atom stereocenters. The van der Waals surface area contributed by atoms with Crippen molar-refractivity contribution in [2.75, 3.05) is 51.8 Å². The Bertz CT molecular complexity index is 1250. The Morgan fingerprint density at radius 2 is 1.78 bits per heavy atom. The predicted molar refractivity (Wildman–Crippen MR) is 141 cm³/mol. The van der Waals surface area contributed by atoms with E-state index in [4.69, 9.17) is 9.47 Å². The van der Waals surface area contributed by atoms with Crippen LogP contribution in [0.15, 0.2) is 42.6 Å². The summed E-state index contributed by atoms with van der Waals surface area (Å²) in [6.45, 7) is 7.25. The van der Waals surface area contributed by atoms with Crippen molar-refractivity contribution < 1.29 is 19.1 Å². The molecule has 1 aromatic carbocycles. The quantitative estimate of drug-likeness (QED) is 0.476. The molecule has 2 aromatic heterocycles. The van der Waals surface area contributed by atoms with Gasteiger partial charge in [0.05, 0.1) is 25.5 Å².